The Morgan fingerprint density at radius 3 is 2.69 bits per heavy atom. The molecule has 1 aliphatic rings. The summed E-state index contributed by atoms with van der Waals surface area (Å²) >= 11 is 0. The van der Waals surface area contributed by atoms with E-state index in [1.165, 1.54) is 12.1 Å². The Morgan fingerprint density at radius 1 is 1.38 bits per heavy atom. The standard InChI is InChI=1S/C12H17FN2O/c13-9-5-10(14)7-11(6-9)15-8-12(1-2-12)3-4-16/h5-7,15-16H,1-4,8,14H2. The van der Waals surface area contributed by atoms with Gasteiger partial charge in [-0.2, -0.15) is 0 Å². The largest absolute Gasteiger partial charge is 0.399 e. The molecule has 0 saturated heterocycles. The lowest BCUT2D eigenvalue weighted by atomic mass is 10.0. The topological polar surface area (TPSA) is 58.3 Å². The van der Waals surface area contributed by atoms with E-state index in [9.17, 15) is 4.39 Å². The Kier molecular flexibility index (Phi) is 3.01. The molecule has 2 rings (SSSR count). The average Bonchev–Trinajstić information content (AvgIpc) is 2.95. The van der Waals surface area contributed by atoms with Crippen LogP contribution >= 0.6 is 0 Å². The number of aliphatic hydroxyl groups is 1. The molecule has 0 radical (unpaired) electrons. The van der Waals surface area contributed by atoms with Crippen LogP contribution in [0.2, 0.25) is 0 Å². The normalized spacial score (nSPS) is 17.1. The maximum Gasteiger partial charge on any atom is 0.127 e. The minimum Gasteiger partial charge on any atom is -0.399 e. The molecule has 0 unspecified atom stereocenters. The van der Waals surface area contributed by atoms with Gasteiger partial charge in [-0.3, -0.25) is 0 Å². The van der Waals surface area contributed by atoms with E-state index in [0.717, 1.165) is 25.8 Å². The van der Waals surface area contributed by atoms with Crippen LogP contribution in [0.3, 0.4) is 0 Å². The number of benzene rings is 1. The van der Waals surface area contributed by atoms with Crippen molar-refractivity contribution in [1.82, 2.24) is 0 Å². The van der Waals surface area contributed by atoms with E-state index in [0.29, 0.717) is 11.4 Å². The SMILES string of the molecule is Nc1cc(F)cc(NCC2(CCO)CC2)c1. The Labute approximate surface area is 94.5 Å². The molecule has 0 bridgehead atoms. The molecule has 88 valence electrons. The molecule has 4 N–H and O–H groups in total. The highest BCUT2D eigenvalue weighted by atomic mass is 19.1. The second-order valence-corrected chi connectivity index (χ2v) is 4.60. The molecule has 16 heavy (non-hydrogen) atoms. The summed E-state index contributed by atoms with van der Waals surface area (Å²) in [6.07, 6.45) is 3.07. The van der Waals surface area contributed by atoms with Gasteiger partial charge in [0.05, 0.1) is 0 Å². The highest BCUT2D eigenvalue weighted by Crippen LogP contribution is 2.48. The summed E-state index contributed by atoms with van der Waals surface area (Å²) in [5, 5.41) is 12.1. The van der Waals surface area contributed by atoms with Crippen LogP contribution in [0.15, 0.2) is 18.2 Å². The number of hydrogen-bond acceptors (Lipinski definition) is 3. The van der Waals surface area contributed by atoms with Gasteiger partial charge in [-0.05, 0) is 42.9 Å². The number of nitrogens with one attached hydrogen (secondary N) is 1. The van der Waals surface area contributed by atoms with Gasteiger partial charge in [-0.15, -0.1) is 0 Å². The molecule has 1 aliphatic carbocycles. The van der Waals surface area contributed by atoms with Gasteiger partial charge in [0.25, 0.3) is 0 Å². The third kappa shape index (κ3) is 2.64. The summed E-state index contributed by atoms with van der Waals surface area (Å²) in [6, 6.07) is 4.45. The van der Waals surface area contributed by atoms with E-state index in [1.807, 2.05) is 0 Å². The maximum absolute atomic E-state index is 13.1. The van der Waals surface area contributed by atoms with Crippen LogP contribution in [0.4, 0.5) is 15.8 Å². The Bertz CT molecular complexity index is 357. The molecule has 0 aliphatic heterocycles. The summed E-state index contributed by atoms with van der Waals surface area (Å²) in [4.78, 5) is 0. The van der Waals surface area contributed by atoms with E-state index in [-0.39, 0.29) is 17.8 Å². The van der Waals surface area contributed by atoms with Crippen molar-refractivity contribution in [3.05, 3.63) is 24.0 Å². The van der Waals surface area contributed by atoms with Crippen molar-refractivity contribution in [1.29, 1.82) is 0 Å². The Morgan fingerprint density at radius 2 is 2.12 bits per heavy atom. The minimum absolute atomic E-state index is 0.215. The van der Waals surface area contributed by atoms with Gasteiger partial charge < -0.3 is 16.2 Å². The second kappa shape index (κ2) is 4.29. The number of nitrogens with two attached hydrogens (primary N) is 1. The van der Waals surface area contributed by atoms with Crippen LogP contribution in [-0.4, -0.2) is 18.3 Å². The maximum atomic E-state index is 13.1. The van der Waals surface area contributed by atoms with E-state index in [1.54, 1.807) is 6.07 Å². The van der Waals surface area contributed by atoms with Crippen molar-refractivity contribution >= 4 is 11.4 Å². The van der Waals surface area contributed by atoms with E-state index >= 15 is 0 Å². The Balaban J connectivity index is 1.94. The number of nitrogen functional groups attached to an aromatic ring is 1. The van der Waals surface area contributed by atoms with Crippen molar-refractivity contribution in [2.75, 3.05) is 24.2 Å². The first-order chi connectivity index (χ1) is 7.63. The fourth-order valence-electron chi connectivity index (χ4n) is 1.93. The molecule has 0 aromatic heterocycles. The summed E-state index contributed by atoms with van der Waals surface area (Å²) < 4.78 is 13.1. The zero-order chi connectivity index (χ0) is 11.6. The monoisotopic (exact) mass is 224 g/mol. The number of anilines is 2. The first-order valence-corrected chi connectivity index (χ1v) is 5.54. The molecule has 0 atom stereocenters. The third-order valence-corrected chi connectivity index (χ3v) is 3.19. The van der Waals surface area contributed by atoms with Gasteiger partial charge in [0.15, 0.2) is 0 Å². The van der Waals surface area contributed by atoms with Gasteiger partial charge in [0.2, 0.25) is 0 Å². The molecular weight excluding hydrogens is 207 g/mol. The van der Waals surface area contributed by atoms with Crippen molar-refractivity contribution in [2.24, 2.45) is 5.41 Å². The number of aliphatic hydroxyl groups excluding tert-OH is 1. The first-order valence-electron chi connectivity index (χ1n) is 5.54. The van der Waals surface area contributed by atoms with Crippen molar-refractivity contribution in [3.63, 3.8) is 0 Å². The molecular formula is C12H17FN2O. The highest BCUT2D eigenvalue weighted by molar-refractivity contribution is 5.54. The lowest BCUT2D eigenvalue weighted by molar-refractivity contribution is 0.253. The van der Waals surface area contributed by atoms with Crippen LogP contribution in [0, 0.1) is 11.2 Å². The summed E-state index contributed by atoms with van der Waals surface area (Å²) in [6.45, 7) is 0.990. The number of hydrogen-bond donors (Lipinski definition) is 3. The van der Waals surface area contributed by atoms with Crippen LogP contribution in [-0.2, 0) is 0 Å². The molecule has 1 fully saturated rings. The highest BCUT2D eigenvalue weighted by Gasteiger charge is 2.41. The molecule has 1 aromatic carbocycles. The van der Waals surface area contributed by atoms with Crippen molar-refractivity contribution < 1.29 is 9.50 Å². The van der Waals surface area contributed by atoms with Gasteiger partial charge in [-0.25, -0.2) is 4.39 Å². The summed E-state index contributed by atoms with van der Waals surface area (Å²) in [5.74, 6) is -0.325. The van der Waals surface area contributed by atoms with E-state index in [2.05, 4.69) is 5.32 Å². The fraction of sp³-hybridized carbons (Fsp3) is 0.500. The van der Waals surface area contributed by atoms with Crippen LogP contribution in [0.25, 0.3) is 0 Å². The number of halogens is 1. The van der Waals surface area contributed by atoms with Crippen LogP contribution in [0.5, 0.6) is 0 Å². The van der Waals surface area contributed by atoms with Gasteiger partial charge >= 0.3 is 0 Å². The molecule has 0 spiro atoms. The lowest BCUT2D eigenvalue weighted by Gasteiger charge is -2.15. The van der Waals surface area contributed by atoms with Crippen LogP contribution < -0.4 is 11.1 Å². The molecule has 1 saturated carbocycles. The Hall–Kier alpha value is -1.29. The van der Waals surface area contributed by atoms with Crippen molar-refractivity contribution in [3.8, 4) is 0 Å². The predicted molar refractivity (Wildman–Crippen MR) is 62.7 cm³/mol. The first kappa shape index (κ1) is 11.2. The number of rotatable bonds is 5. The van der Waals surface area contributed by atoms with Gasteiger partial charge in [0, 0.05) is 24.5 Å². The smallest absolute Gasteiger partial charge is 0.127 e. The zero-order valence-electron chi connectivity index (χ0n) is 9.17. The molecule has 0 heterocycles. The molecule has 0 amide bonds. The van der Waals surface area contributed by atoms with Crippen LogP contribution in [0.1, 0.15) is 19.3 Å². The zero-order valence-corrected chi connectivity index (χ0v) is 9.17. The minimum atomic E-state index is -0.325. The van der Waals surface area contributed by atoms with Gasteiger partial charge in [-0.1, -0.05) is 0 Å². The van der Waals surface area contributed by atoms with E-state index in [4.69, 9.17) is 10.8 Å². The summed E-state index contributed by atoms with van der Waals surface area (Å²) in [7, 11) is 0. The third-order valence-electron chi connectivity index (χ3n) is 3.19. The fourth-order valence-corrected chi connectivity index (χ4v) is 1.93. The molecule has 3 nitrogen and oxygen atoms in total. The lowest BCUT2D eigenvalue weighted by Crippen LogP contribution is -2.16. The summed E-state index contributed by atoms with van der Waals surface area (Å²) in [5.41, 5.74) is 6.91. The molecule has 1 aromatic rings. The predicted octanol–water partition coefficient (Wildman–Crippen LogP) is 1.98. The van der Waals surface area contributed by atoms with Gasteiger partial charge in [0.1, 0.15) is 5.82 Å². The van der Waals surface area contributed by atoms with E-state index < -0.39 is 0 Å². The molecule has 4 heteroatoms. The quantitative estimate of drug-likeness (QED) is 0.670. The van der Waals surface area contributed by atoms with Crippen molar-refractivity contribution in [2.45, 2.75) is 19.3 Å². The average molecular weight is 224 g/mol. The second-order valence-electron chi connectivity index (χ2n) is 4.60.